The lowest BCUT2D eigenvalue weighted by molar-refractivity contribution is -0.133. The molecule has 1 aliphatic rings. The molecule has 0 N–H and O–H groups in total. The number of amides is 2. The van der Waals surface area contributed by atoms with Crippen LogP contribution in [-0.4, -0.2) is 65.8 Å². The molecule has 2 aromatic rings. The molecule has 1 heterocycles. The lowest BCUT2D eigenvalue weighted by atomic mass is 10.1. The van der Waals surface area contributed by atoms with Gasteiger partial charge in [-0.15, -0.1) is 0 Å². The van der Waals surface area contributed by atoms with E-state index in [2.05, 4.69) is 11.8 Å². The van der Waals surface area contributed by atoms with Gasteiger partial charge in [-0.05, 0) is 42.3 Å². The Morgan fingerprint density at radius 2 is 1.74 bits per heavy atom. The maximum Gasteiger partial charge on any atom is 0.254 e. The van der Waals surface area contributed by atoms with Crippen LogP contribution in [0.5, 0.6) is 0 Å². The van der Waals surface area contributed by atoms with E-state index >= 15 is 0 Å². The van der Waals surface area contributed by atoms with E-state index in [0.717, 1.165) is 44.6 Å². The number of hydrogen-bond donors (Lipinski definition) is 0. The fourth-order valence-corrected chi connectivity index (χ4v) is 4.40. The third-order valence-corrected chi connectivity index (χ3v) is 6.54. The molecule has 7 heteroatoms. The van der Waals surface area contributed by atoms with Crippen LogP contribution in [0, 0.1) is 5.82 Å². The van der Waals surface area contributed by atoms with Crippen LogP contribution >= 0.6 is 11.6 Å². The molecule has 3 rings (SSSR count). The van der Waals surface area contributed by atoms with Gasteiger partial charge in [0.15, 0.2) is 0 Å². The van der Waals surface area contributed by atoms with Gasteiger partial charge in [-0.2, -0.15) is 0 Å². The summed E-state index contributed by atoms with van der Waals surface area (Å²) in [7, 11) is 0. The minimum absolute atomic E-state index is 0.104. The van der Waals surface area contributed by atoms with Crippen molar-refractivity contribution in [3.8, 4) is 0 Å². The maximum absolute atomic E-state index is 13.3. The summed E-state index contributed by atoms with van der Waals surface area (Å²) in [5, 5.41) is 0.517. The minimum Gasteiger partial charge on any atom is -0.340 e. The van der Waals surface area contributed by atoms with Gasteiger partial charge in [0, 0.05) is 62.8 Å². The van der Waals surface area contributed by atoms with Crippen molar-refractivity contribution in [3.05, 3.63) is 70.5 Å². The van der Waals surface area contributed by atoms with E-state index in [1.54, 1.807) is 41.3 Å². The first-order chi connectivity index (χ1) is 16.5. The van der Waals surface area contributed by atoms with Crippen LogP contribution in [0.1, 0.15) is 54.9 Å². The topological polar surface area (TPSA) is 43.9 Å². The first-order valence-electron chi connectivity index (χ1n) is 12.3. The third kappa shape index (κ3) is 8.10. The molecule has 2 aromatic carbocycles. The largest absolute Gasteiger partial charge is 0.340 e. The van der Waals surface area contributed by atoms with E-state index in [1.165, 1.54) is 25.0 Å². The fourth-order valence-electron chi connectivity index (χ4n) is 4.21. The summed E-state index contributed by atoms with van der Waals surface area (Å²) in [4.78, 5) is 31.7. The predicted molar refractivity (Wildman–Crippen MR) is 134 cm³/mol. The smallest absolute Gasteiger partial charge is 0.254 e. The molecular weight excluding hydrogens is 453 g/mol. The van der Waals surface area contributed by atoms with Gasteiger partial charge < -0.3 is 9.80 Å². The molecule has 0 aliphatic carbocycles. The van der Waals surface area contributed by atoms with E-state index < -0.39 is 0 Å². The predicted octanol–water partition coefficient (Wildman–Crippen LogP) is 5.24. The highest BCUT2D eigenvalue weighted by molar-refractivity contribution is 6.30. The number of hydrogen-bond acceptors (Lipinski definition) is 3. The van der Waals surface area contributed by atoms with Gasteiger partial charge in [0.25, 0.3) is 5.91 Å². The van der Waals surface area contributed by atoms with E-state index in [1.807, 2.05) is 4.90 Å². The van der Waals surface area contributed by atoms with Crippen LogP contribution in [-0.2, 0) is 11.3 Å². The van der Waals surface area contributed by atoms with Crippen LogP contribution in [0.25, 0.3) is 0 Å². The number of piperazine rings is 1. The van der Waals surface area contributed by atoms with E-state index in [4.69, 9.17) is 11.6 Å². The molecule has 0 aromatic heterocycles. The summed E-state index contributed by atoms with van der Waals surface area (Å²) >= 11 is 6.10. The Morgan fingerprint density at radius 1 is 1.00 bits per heavy atom. The molecule has 34 heavy (non-hydrogen) atoms. The second-order valence-corrected chi connectivity index (χ2v) is 9.33. The quantitative estimate of drug-likeness (QED) is 0.407. The summed E-state index contributed by atoms with van der Waals surface area (Å²) in [6.07, 6.45) is 5.08. The molecule has 0 radical (unpaired) electrons. The van der Waals surface area contributed by atoms with Crippen molar-refractivity contribution >= 4 is 23.4 Å². The second kappa shape index (κ2) is 13.4. The normalized spacial score (nSPS) is 14.3. The van der Waals surface area contributed by atoms with Gasteiger partial charge in [0.05, 0.1) is 0 Å². The molecule has 5 nitrogen and oxygen atoms in total. The molecule has 1 fully saturated rings. The fraction of sp³-hybridized carbons (Fsp3) is 0.481. The van der Waals surface area contributed by atoms with E-state index in [-0.39, 0.29) is 17.6 Å². The molecular formula is C27H35ClFN3O2. The van der Waals surface area contributed by atoms with Gasteiger partial charge in [0.2, 0.25) is 5.91 Å². The number of nitrogens with zero attached hydrogens (tertiary/aromatic N) is 3. The molecule has 1 aliphatic heterocycles. The van der Waals surface area contributed by atoms with Crippen LogP contribution < -0.4 is 0 Å². The summed E-state index contributed by atoms with van der Waals surface area (Å²) in [6, 6.07) is 13.2. The Labute approximate surface area is 207 Å². The zero-order valence-electron chi connectivity index (χ0n) is 20.0. The van der Waals surface area contributed by atoms with Gasteiger partial charge in [-0.3, -0.25) is 14.5 Å². The monoisotopic (exact) mass is 487 g/mol. The molecule has 1 saturated heterocycles. The van der Waals surface area contributed by atoms with Crippen molar-refractivity contribution in [2.45, 2.75) is 45.6 Å². The molecule has 0 atom stereocenters. The Balaban J connectivity index is 1.55. The molecule has 0 bridgehead atoms. The number of rotatable bonds is 11. The summed E-state index contributed by atoms with van der Waals surface area (Å²) in [5.41, 5.74) is 1.41. The summed E-state index contributed by atoms with van der Waals surface area (Å²) in [5.74, 6) is -0.146. The second-order valence-electron chi connectivity index (χ2n) is 8.90. The minimum atomic E-state index is -0.297. The van der Waals surface area contributed by atoms with Crippen molar-refractivity contribution in [1.82, 2.24) is 14.7 Å². The number of benzene rings is 2. The molecule has 184 valence electrons. The Bertz CT molecular complexity index is 930. The highest BCUT2D eigenvalue weighted by Crippen LogP contribution is 2.16. The zero-order valence-corrected chi connectivity index (χ0v) is 20.8. The van der Waals surface area contributed by atoms with Crippen LogP contribution in [0.2, 0.25) is 5.02 Å². The first-order valence-corrected chi connectivity index (χ1v) is 12.6. The van der Waals surface area contributed by atoms with Crippen LogP contribution in [0.4, 0.5) is 4.39 Å². The van der Waals surface area contributed by atoms with Crippen LogP contribution in [0.15, 0.2) is 48.5 Å². The molecule has 2 amide bonds. The first kappa shape index (κ1) is 26.2. The number of carbonyl (C=O) groups excluding carboxylic acids is 2. The number of unbranched alkanes of at least 4 members (excludes halogenated alkanes) is 3. The highest BCUT2D eigenvalue weighted by Gasteiger charge is 2.23. The van der Waals surface area contributed by atoms with Gasteiger partial charge in [0.1, 0.15) is 5.82 Å². The maximum atomic E-state index is 13.3. The highest BCUT2D eigenvalue weighted by atomic mass is 35.5. The standard InChI is InChI=1S/C27H35ClFN3O2/c1-2-3-4-5-9-26(33)31-17-14-30(15-18-31)16-19-32(21-22-10-12-25(29)13-11-22)27(34)23-7-6-8-24(28)20-23/h6-8,10-13,20H,2-5,9,14-19,21H2,1H3. The van der Waals surface area contributed by atoms with Crippen molar-refractivity contribution in [3.63, 3.8) is 0 Å². The SMILES string of the molecule is CCCCCCC(=O)N1CCN(CCN(Cc2ccc(F)cc2)C(=O)c2cccc(Cl)c2)CC1. The summed E-state index contributed by atoms with van der Waals surface area (Å²) in [6.45, 7) is 6.87. The lowest BCUT2D eigenvalue weighted by Gasteiger charge is -2.36. The van der Waals surface area contributed by atoms with Gasteiger partial charge in [-0.25, -0.2) is 4.39 Å². The Hall–Kier alpha value is -2.44. The molecule has 0 unspecified atom stereocenters. The number of halogens is 2. The molecule has 0 spiro atoms. The van der Waals surface area contributed by atoms with Crippen LogP contribution in [0.3, 0.4) is 0 Å². The van der Waals surface area contributed by atoms with E-state index in [9.17, 15) is 14.0 Å². The Morgan fingerprint density at radius 3 is 2.41 bits per heavy atom. The van der Waals surface area contributed by atoms with Crippen molar-refractivity contribution < 1.29 is 14.0 Å². The Kier molecular flexibility index (Phi) is 10.4. The third-order valence-electron chi connectivity index (χ3n) is 6.30. The zero-order chi connectivity index (χ0) is 24.3. The average Bonchev–Trinajstić information content (AvgIpc) is 2.85. The number of carbonyl (C=O) groups is 2. The van der Waals surface area contributed by atoms with Gasteiger partial charge >= 0.3 is 0 Å². The summed E-state index contributed by atoms with van der Waals surface area (Å²) < 4.78 is 13.3. The lowest BCUT2D eigenvalue weighted by Crippen LogP contribution is -2.50. The van der Waals surface area contributed by atoms with Crippen molar-refractivity contribution in [2.75, 3.05) is 39.3 Å². The van der Waals surface area contributed by atoms with Gasteiger partial charge in [-0.1, -0.05) is 56.0 Å². The average molecular weight is 488 g/mol. The van der Waals surface area contributed by atoms with Crippen molar-refractivity contribution in [2.24, 2.45) is 0 Å². The van der Waals surface area contributed by atoms with Crippen molar-refractivity contribution in [1.29, 1.82) is 0 Å². The molecule has 0 saturated carbocycles. The van der Waals surface area contributed by atoms with E-state index in [0.29, 0.717) is 36.6 Å².